The molecular formula is C14H24N2OS. The summed E-state index contributed by atoms with van der Waals surface area (Å²) in [7, 11) is 0. The van der Waals surface area contributed by atoms with E-state index in [2.05, 4.69) is 19.2 Å². The molecule has 3 nitrogen and oxygen atoms in total. The fourth-order valence-electron chi connectivity index (χ4n) is 1.75. The largest absolute Gasteiger partial charge is 0.351 e. The molecule has 1 heterocycles. The van der Waals surface area contributed by atoms with Gasteiger partial charge >= 0.3 is 0 Å². The highest BCUT2D eigenvalue weighted by Gasteiger charge is 2.13. The van der Waals surface area contributed by atoms with Crippen LogP contribution in [0.2, 0.25) is 0 Å². The number of aryl methyl sites for hydroxylation is 2. The molecule has 0 aromatic carbocycles. The minimum atomic E-state index is 0.0392. The summed E-state index contributed by atoms with van der Waals surface area (Å²) < 4.78 is 0. The van der Waals surface area contributed by atoms with E-state index in [-0.39, 0.29) is 5.91 Å². The Morgan fingerprint density at radius 3 is 2.78 bits per heavy atom. The van der Waals surface area contributed by atoms with Crippen LogP contribution in [-0.4, -0.2) is 19.0 Å². The molecule has 0 spiro atoms. The molecule has 1 aromatic rings. The van der Waals surface area contributed by atoms with Crippen molar-refractivity contribution in [3.8, 4) is 0 Å². The van der Waals surface area contributed by atoms with E-state index in [9.17, 15) is 4.79 Å². The van der Waals surface area contributed by atoms with Crippen LogP contribution in [0.5, 0.6) is 0 Å². The topological polar surface area (TPSA) is 55.1 Å². The van der Waals surface area contributed by atoms with Gasteiger partial charge in [0.25, 0.3) is 5.91 Å². The van der Waals surface area contributed by atoms with Gasteiger partial charge in [0.15, 0.2) is 0 Å². The maximum Gasteiger partial charge on any atom is 0.261 e. The molecule has 1 amide bonds. The second-order valence-electron chi connectivity index (χ2n) is 4.71. The van der Waals surface area contributed by atoms with E-state index in [1.165, 1.54) is 10.4 Å². The third kappa shape index (κ3) is 4.10. The molecule has 0 saturated heterocycles. The summed E-state index contributed by atoms with van der Waals surface area (Å²) in [5, 5.41) is 2.95. The molecule has 0 aliphatic heterocycles. The van der Waals surface area contributed by atoms with Crippen LogP contribution >= 0.6 is 11.3 Å². The minimum absolute atomic E-state index is 0.0392. The lowest BCUT2D eigenvalue weighted by atomic mass is 10.1. The van der Waals surface area contributed by atoms with E-state index in [1.54, 1.807) is 11.3 Å². The van der Waals surface area contributed by atoms with Gasteiger partial charge in [-0.05, 0) is 36.9 Å². The molecule has 3 N–H and O–H groups in total. The molecule has 0 bridgehead atoms. The molecule has 1 aromatic heterocycles. The maximum absolute atomic E-state index is 12.0. The van der Waals surface area contributed by atoms with E-state index < -0.39 is 0 Å². The Kier molecular flexibility index (Phi) is 6.36. The van der Waals surface area contributed by atoms with Gasteiger partial charge < -0.3 is 11.1 Å². The quantitative estimate of drug-likeness (QED) is 0.798. The molecule has 0 aliphatic carbocycles. The maximum atomic E-state index is 12.0. The second-order valence-corrected chi connectivity index (χ2v) is 5.85. The van der Waals surface area contributed by atoms with Gasteiger partial charge in [-0.15, -0.1) is 11.3 Å². The number of hydrogen-bond acceptors (Lipinski definition) is 3. The van der Waals surface area contributed by atoms with Crippen molar-refractivity contribution in [1.82, 2.24) is 5.32 Å². The molecule has 0 fully saturated rings. The summed E-state index contributed by atoms with van der Waals surface area (Å²) in [6.45, 7) is 7.60. The number of thiophene rings is 1. The normalized spacial score (nSPS) is 12.4. The Morgan fingerprint density at radius 2 is 2.22 bits per heavy atom. The number of rotatable bonds is 7. The summed E-state index contributed by atoms with van der Waals surface area (Å²) in [6.07, 6.45) is 3.19. The van der Waals surface area contributed by atoms with Gasteiger partial charge in [0.2, 0.25) is 0 Å². The van der Waals surface area contributed by atoms with Crippen LogP contribution in [0.15, 0.2) is 6.07 Å². The lowest BCUT2D eigenvalue weighted by Gasteiger charge is -2.08. The van der Waals surface area contributed by atoms with Crippen LogP contribution in [0.1, 0.15) is 47.3 Å². The molecule has 18 heavy (non-hydrogen) atoms. The summed E-state index contributed by atoms with van der Waals surface area (Å²) in [5.41, 5.74) is 6.86. The van der Waals surface area contributed by atoms with Gasteiger partial charge in [-0.2, -0.15) is 0 Å². The highest BCUT2D eigenvalue weighted by atomic mass is 32.1. The zero-order chi connectivity index (χ0) is 13.5. The van der Waals surface area contributed by atoms with Crippen molar-refractivity contribution in [3.05, 3.63) is 21.4 Å². The molecule has 0 saturated carbocycles. The summed E-state index contributed by atoms with van der Waals surface area (Å²) in [4.78, 5) is 14.2. The van der Waals surface area contributed by atoms with Crippen molar-refractivity contribution in [1.29, 1.82) is 0 Å². The third-order valence-corrected chi connectivity index (χ3v) is 4.23. The van der Waals surface area contributed by atoms with Crippen molar-refractivity contribution in [2.24, 2.45) is 11.7 Å². The summed E-state index contributed by atoms with van der Waals surface area (Å²) >= 11 is 1.63. The molecule has 0 radical (unpaired) electrons. The Labute approximate surface area is 114 Å². The van der Waals surface area contributed by atoms with Crippen LogP contribution in [0.3, 0.4) is 0 Å². The second kappa shape index (κ2) is 7.54. The smallest absolute Gasteiger partial charge is 0.261 e. The SMILES string of the molecule is CCCc1sc(C(=O)NCC(C)CN)cc1CC. The zero-order valence-corrected chi connectivity index (χ0v) is 12.4. The minimum Gasteiger partial charge on any atom is -0.351 e. The third-order valence-electron chi connectivity index (χ3n) is 2.99. The summed E-state index contributed by atoms with van der Waals surface area (Å²) in [5.74, 6) is 0.368. The van der Waals surface area contributed by atoms with Crippen molar-refractivity contribution >= 4 is 17.2 Å². The van der Waals surface area contributed by atoms with Gasteiger partial charge in [0.05, 0.1) is 4.88 Å². The number of carbonyl (C=O) groups excluding carboxylic acids is 1. The molecule has 102 valence electrons. The van der Waals surface area contributed by atoms with Gasteiger partial charge in [0, 0.05) is 11.4 Å². The van der Waals surface area contributed by atoms with Crippen LogP contribution in [0, 0.1) is 5.92 Å². The monoisotopic (exact) mass is 268 g/mol. The predicted molar refractivity (Wildman–Crippen MR) is 78.2 cm³/mol. The Bertz CT molecular complexity index is 387. The van der Waals surface area contributed by atoms with Crippen molar-refractivity contribution in [2.75, 3.05) is 13.1 Å². The zero-order valence-electron chi connectivity index (χ0n) is 11.6. The van der Waals surface area contributed by atoms with E-state index in [4.69, 9.17) is 5.73 Å². The van der Waals surface area contributed by atoms with Crippen molar-refractivity contribution in [3.63, 3.8) is 0 Å². The average molecular weight is 268 g/mol. The molecular weight excluding hydrogens is 244 g/mol. The van der Waals surface area contributed by atoms with Gasteiger partial charge in [0.1, 0.15) is 0 Å². The Balaban J connectivity index is 2.68. The Hall–Kier alpha value is -0.870. The lowest BCUT2D eigenvalue weighted by molar-refractivity contribution is 0.0952. The first-order valence-corrected chi connectivity index (χ1v) is 7.53. The Morgan fingerprint density at radius 1 is 1.50 bits per heavy atom. The van der Waals surface area contributed by atoms with E-state index in [0.717, 1.165) is 24.1 Å². The molecule has 1 rings (SSSR count). The van der Waals surface area contributed by atoms with Crippen LogP contribution in [0.4, 0.5) is 0 Å². The van der Waals surface area contributed by atoms with E-state index >= 15 is 0 Å². The highest BCUT2D eigenvalue weighted by Crippen LogP contribution is 2.24. The van der Waals surface area contributed by atoms with Gasteiger partial charge in [-0.3, -0.25) is 4.79 Å². The number of hydrogen-bond donors (Lipinski definition) is 2. The van der Waals surface area contributed by atoms with Crippen molar-refractivity contribution < 1.29 is 4.79 Å². The number of carbonyl (C=O) groups is 1. The number of amides is 1. The molecule has 1 atom stereocenters. The van der Waals surface area contributed by atoms with Crippen LogP contribution in [0.25, 0.3) is 0 Å². The lowest BCUT2D eigenvalue weighted by Crippen LogP contribution is -2.30. The molecule has 0 aliphatic rings. The van der Waals surface area contributed by atoms with E-state index in [1.807, 2.05) is 13.0 Å². The van der Waals surface area contributed by atoms with E-state index in [0.29, 0.717) is 19.0 Å². The fourth-order valence-corrected chi connectivity index (χ4v) is 3.03. The predicted octanol–water partition coefficient (Wildman–Crippen LogP) is 2.59. The standard InChI is InChI=1S/C14H24N2OS/c1-4-6-12-11(5-2)7-13(18-12)14(17)16-9-10(3)8-15/h7,10H,4-6,8-9,15H2,1-3H3,(H,16,17). The van der Waals surface area contributed by atoms with Gasteiger partial charge in [-0.1, -0.05) is 27.2 Å². The summed E-state index contributed by atoms with van der Waals surface area (Å²) in [6, 6.07) is 2.04. The fraction of sp³-hybridized carbons (Fsp3) is 0.643. The van der Waals surface area contributed by atoms with Gasteiger partial charge in [-0.25, -0.2) is 0 Å². The van der Waals surface area contributed by atoms with Crippen molar-refractivity contribution in [2.45, 2.75) is 40.0 Å². The van der Waals surface area contributed by atoms with Crippen LogP contribution in [-0.2, 0) is 12.8 Å². The first-order chi connectivity index (χ1) is 8.62. The highest BCUT2D eigenvalue weighted by molar-refractivity contribution is 7.14. The number of nitrogens with two attached hydrogens (primary N) is 1. The molecule has 1 unspecified atom stereocenters. The average Bonchev–Trinajstić information content (AvgIpc) is 2.79. The van der Waals surface area contributed by atoms with Crippen LogP contribution < -0.4 is 11.1 Å². The first kappa shape index (κ1) is 15.2. The number of nitrogens with one attached hydrogen (secondary N) is 1. The first-order valence-electron chi connectivity index (χ1n) is 6.72. The molecule has 4 heteroatoms.